The van der Waals surface area contributed by atoms with Gasteiger partial charge in [0.1, 0.15) is 5.82 Å². The van der Waals surface area contributed by atoms with Gasteiger partial charge in [-0.2, -0.15) is 0 Å². The third-order valence-electron chi connectivity index (χ3n) is 5.38. The van der Waals surface area contributed by atoms with Crippen LogP contribution in [-0.4, -0.2) is 39.3 Å². The van der Waals surface area contributed by atoms with Crippen molar-refractivity contribution in [1.29, 1.82) is 0 Å². The van der Waals surface area contributed by atoms with Crippen molar-refractivity contribution in [3.05, 3.63) is 35.9 Å². The van der Waals surface area contributed by atoms with Gasteiger partial charge in [-0.1, -0.05) is 6.07 Å². The number of hydrogen-bond donors (Lipinski definition) is 1. The number of halogens is 1. The van der Waals surface area contributed by atoms with Gasteiger partial charge in [0.25, 0.3) is 0 Å². The van der Waals surface area contributed by atoms with Gasteiger partial charge in [0.15, 0.2) is 28.8 Å². The number of aryl methyl sites for hydroxylation is 1. The van der Waals surface area contributed by atoms with E-state index in [1.807, 2.05) is 17.0 Å². The Morgan fingerprint density at radius 3 is 2.63 bits per heavy atom. The summed E-state index contributed by atoms with van der Waals surface area (Å²) in [4.78, 5) is 14.1. The maximum atomic E-state index is 6.23. The van der Waals surface area contributed by atoms with Gasteiger partial charge in [0.2, 0.25) is 0 Å². The number of nitrogens with one attached hydrogen (secondary N) is 1. The molecule has 0 atom stereocenters. The van der Waals surface area contributed by atoms with Crippen molar-refractivity contribution >= 4 is 18.2 Å². The summed E-state index contributed by atoms with van der Waals surface area (Å²) < 4.78 is 13.8. The molecule has 0 amide bonds. The lowest BCUT2D eigenvalue weighted by Crippen LogP contribution is -2.11. The number of rotatable bonds is 8. The van der Waals surface area contributed by atoms with E-state index in [1.54, 1.807) is 7.11 Å². The molecule has 30 heavy (non-hydrogen) atoms. The Kier molecular flexibility index (Phi) is 7.37. The van der Waals surface area contributed by atoms with Gasteiger partial charge in [-0.05, 0) is 57.2 Å². The maximum Gasteiger partial charge on any atom is 0.165 e. The molecule has 1 aromatic carbocycles. The monoisotopic (exact) mass is 431 g/mol. The van der Waals surface area contributed by atoms with Crippen molar-refractivity contribution in [3.63, 3.8) is 0 Å². The summed E-state index contributed by atoms with van der Waals surface area (Å²) in [6.45, 7) is 5.73. The van der Waals surface area contributed by atoms with Crippen LogP contribution in [-0.2, 0) is 13.0 Å². The summed E-state index contributed by atoms with van der Waals surface area (Å²) in [6.07, 6.45) is 7.44. The highest BCUT2D eigenvalue weighted by Crippen LogP contribution is 2.33. The lowest BCUT2D eigenvalue weighted by molar-refractivity contribution is 0.200. The molecule has 0 bridgehead atoms. The standard InChI is InChI=1S/C22H29N5O2.ClH/c1-4-23-21-20-22(27(5-2)14-24-21)26-19(25-20)13-15-10-11-17(28-3)18(12-15)29-16-8-6-7-9-16;/h10-12,14,16,23H,4-9,13H2,1-3H3;1H. The van der Waals surface area contributed by atoms with Crippen LogP contribution in [0, 0.1) is 0 Å². The first-order chi connectivity index (χ1) is 14.2. The molecule has 1 fully saturated rings. The van der Waals surface area contributed by atoms with Crippen molar-refractivity contribution in [2.24, 2.45) is 0 Å². The quantitative estimate of drug-likeness (QED) is 0.563. The lowest BCUT2D eigenvalue weighted by Gasteiger charge is -2.16. The fourth-order valence-electron chi connectivity index (χ4n) is 3.88. The number of nitrogens with zero attached hydrogens (tertiary/aromatic N) is 4. The van der Waals surface area contributed by atoms with E-state index in [1.165, 1.54) is 12.8 Å². The van der Waals surface area contributed by atoms with Crippen molar-refractivity contribution in [2.75, 3.05) is 19.0 Å². The summed E-state index contributed by atoms with van der Waals surface area (Å²) in [5.41, 5.74) is 1.93. The maximum absolute atomic E-state index is 6.23. The molecule has 0 radical (unpaired) electrons. The van der Waals surface area contributed by atoms with Crippen LogP contribution in [0.5, 0.6) is 11.5 Å². The number of ether oxygens (including phenoxy) is 2. The molecule has 1 aromatic rings. The second-order valence-corrected chi connectivity index (χ2v) is 7.41. The predicted octanol–water partition coefficient (Wildman–Crippen LogP) is 4.57. The van der Waals surface area contributed by atoms with Crippen molar-refractivity contribution in [1.82, 2.24) is 19.5 Å². The largest absolute Gasteiger partial charge is 0.493 e. The molecule has 7 nitrogen and oxygen atoms in total. The minimum absolute atomic E-state index is 0. The molecule has 162 valence electrons. The molecule has 0 unspecified atom stereocenters. The van der Waals surface area contributed by atoms with Gasteiger partial charge in [0, 0.05) is 19.5 Å². The van der Waals surface area contributed by atoms with Gasteiger partial charge in [-0.3, -0.25) is 0 Å². The zero-order chi connectivity index (χ0) is 20.2. The van der Waals surface area contributed by atoms with Crippen LogP contribution in [0.25, 0.3) is 11.5 Å². The minimum Gasteiger partial charge on any atom is -0.493 e. The van der Waals surface area contributed by atoms with Gasteiger partial charge in [0.05, 0.1) is 19.5 Å². The number of aromatic nitrogens is 4. The average molecular weight is 432 g/mol. The van der Waals surface area contributed by atoms with E-state index in [-0.39, 0.29) is 18.5 Å². The third kappa shape index (κ3) is 4.61. The van der Waals surface area contributed by atoms with Crippen molar-refractivity contribution in [2.45, 2.75) is 58.6 Å². The molecule has 0 spiro atoms. The molecule has 3 aliphatic rings. The Balaban J connectivity index is 0.00000256. The SMILES string of the molecule is CCNc1ncn(CC)c2nc(Cc3ccc(OC)c(OC4CCCC4)c3)nc1-2.Cl. The number of hydrogen-bond acceptors (Lipinski definition) is 6. The van der Waals surface area contributed by atoms with E-state index < -0.39 is 0 Å². The van der Waals surface area contributed by atoms with Crippen molar-refractivity contribution in [3.8, 4) is 23.0 Å². The molecule has 8 heteroatoms. The minimum atomic E-state index is 0. The zero-order valence-electron chi connectivity index (χ0n) is 17.9. The van der Waals surface area contributed by atoms with E-state index in [0.717, 1.165) is 66.2 Å². The third-order valence-corrected chi connectivity index (χ3v) is 5.38. The number of methoxy groups -OCH3 is 1. The Morgan fingerprint density at radius 1 is 1.13 bits per heavy atom. The average Bonchev–Trinajstić information content (AvgIpc) is 3.39. The molecule has 0 aromatic heterocycles. The van der Waals surface area contributed by atoms with E-state index in [4.69, 9.17) is 19.4 Å². The summed E-state index contributed by atoms with van der Waals surface area (Å²) in [6, 6.07) is 6.09. The first-order valence-corrected chi connectivity index (χ1v) is 10.5. The molecule has 1 saturated carbocycles. The number of benzene rings is 1. The van der Waals surface area contributed by atoms with Gasteiger partial charge >= 0.3 is 0 Å². The summed E-state index contributed by atoms with van der Waals surface area (Å²) in [5, 5.41) is 3.28. The van der Waals surface area contributed by atoms with Crippen LogP contribution in [0.4, 0.5) is 5.82 Å². The van der Waals surface area contributed by atoms with E-state index in [0.29, 0.717) is 6.42 Å². The molecular formula is C22H30ClN5O2. The van der Waals surface area contributed by atoms with Crippen LogP contribution >= 0.6 is 12.4 Å². The summed E-state index contributed by atoms with van der Waals surface area (Å²) in [5.74, 6) is 4.02. The topological polar surface area (TPSA) is 74.1 Å². The molecule has 2 aliphatic heterocycles. The molecule has 2 heterocycles. The smallest absolute Gasteiger partial charge is 0.165 e. The van der Waals surface area contributed by atoms with Crippen molar-refractivity contribution < 1.29 is 9.47 Å². The van der Waals surface area contributed by atoms with Gasteiger partial charge < -0.3 is 19.4 Å². The highest BCUT2D eigenvalue weighted by atomic mass is 35.5. The van der Waals surface area contributed by atoms with E-state index >= 15 is 0 Å². The second kappa shape index (κ2) is 9.98. The summed E-state index contributed by atoms with van der Waals surface area (Å²) in [7, 11) is 1.68. The zero-order valence-corrected chi connectivity index (χ0v) is 18.7. The lowest BCUT2D eigenvalue weighted by atomic mass is 10.1. The van der Waals surface area contributed by atoms with E-state index in [9.17, 15) is 0 Å². The van der Waals surface area contributed by atoms with E-state index in [2.05, 4.69) is 36.3 Å². The highest BCUT2D eigenvalue weighted by Gasteiger charge is 2.21. The first kappa shape index (κ1) is 22.2. The van der Waals surface area contributed by atoms with Gasteiger partial charge in [-0.25, -0.2) is 15.0 Å². The first-order valence-electron chi connectivity index (χ1n) is 10.5. The predicted molar refractivity (Wildman–Crippen MR) is 120 cm³/mol. The van der Waals surface area contributed by atoms with Crippen LogP contribution in [0.15, 0.2) is 24.5 Å². The van der Waals surface area contributed by atoms with Crippen LogP contribution in [0.1, 0.15) is 50.9 Å². The Morgan fingerprint density at radius 2 is 1.93 bits per heavy atom. The molecule has 4 rings (SSSR count). The Labute approximate surface area is 184 Å². The molecular weight excluding hydrogens is 402 g/mol. The normalized spacial score (nSPS) is 14.0. The number of anilines is 1. The van der Waals surface area contributed by atoms with Crippen LogP contribution < -0.4 is 14.8 Å². The van der Waals surface area contributed by atoms with Crippen LogP contribution in [0.3, 0.4) is 0 Å². The van der Waals surface area contributed by atoms with Gasteiger partial charge in [-0.15, -0.1) is 12.4 Å². The number of imidazole rings is 1. The molecule has 1 N–H and O–H groups in total. The fraction of sp³-hybridized carbons (Fsp3) is 0.500. The molecule has 1 aliphatic carbocycles. The summed E-state index contributed by atoms with van der Waals surface area (Å²) >= 11 is 0. The molecule has 0 saturated heterocycles. The number of fused-ring (bicyclic) bond motifs is 1. The highest BCUT2D eigenvalue weighted by molar-refractivity contribution is 5.85. The fourth-order valence-corrected chi connectivity index (χ4v) is 3.88. The Hall–Kier alpha value is -2.54. The second-order valence-electron chi connectivity index (χ2n) is 7.41. The van der Waals surface area contributed by atoms with Crippen LogP contribution in [0.2, 0.25) is 0 Å². The Bertz CT molecular complexity index is 939.